The van der Waals surface area contributed by atoms with E-state index in [4.69, 9.17) is 23.7 Å². The van der Waals surface area contributed by atoms with Crippen LogP contribution >= 0.6 is 15.9 Å². The molecule has 5 atom stereocenters. The molecule has 1 fully saturated rings. The standard InChI is InChI=1S/C26H43BrO9/c1-23(2,3)19(28)32-13-14-15(34-20(29)24(4,5)6)16(35-21(30)25(7,8)9)17(18(27)33-14)36-22(31)26(10,11)12/h14-18H,13H2,1-12H3/t14?,15-,16-,17?,18+/m1/s1. The SMILES string of the molecule is CC(C)(C)C(=O)OCC1O[C@H](Br)C(OC(=O)C(C)(C)C)[C@H](OC(=O)C(C)(C)C)[C@@H]1OC(=O)C(C)(C)C. The lowest BCUT2D eigenvalue weighted by Crippen LogP contribution is -2.62. The van der Waals surface area contributed by atoms with E-state index in [9.17, 15) is 19.2 Å². The number of carbonyl (C=O) groups is 4. The van der Waals surface area contributed by atoms with Gasteiger partial charge in [-0.3, -0.25) is 19.2 Å². The monoisotopic (exact) mass is 578 g/mol. The Kier molecular flexibility index (Phi) is 10.2. The van der Waals surface area contributed by atoms with Crippen molar-refractivity contribution in [1.82, 2.24) is 0 Å². The third-order valence-electron chi connectivity index (χ3n) is 5.13. The van der Waals surface area contributed by atoms with Gasteiger partial charge in [-0.25, -0.2) is 0 Å². The van der Waals surface area contributed by atoms with E-state index in [1.165, 1.54) is 0 Å². The maximum Gasteiger partial charge on any atom is 0.311 e. The second kappa shape index (κ2) is 11.4. The van der Waals surface area contributed by atoms with Crippen molar-refractivity contribution in [3.05, 3.63) is 0 Å². The number of esters is 4. The molecule has 1 saturated heterocycles. The van der Waals surface area contributed by atoms with Gasteiger partial charge >= 0.3 is 23.9 Å². The second-order valence-electron chi connectivity index (χ2n) is 13.2. The lowest BCUT2D eigenvalue weighted by Gasteiger charge is -2.44. The normalized spacial score (nSPS) is 25.5. The summed E-state index contributed by atoms with van der Waals surface area (Å²) < 4.78 is 28.8. The van der Waals surface area contributed by atoms with E-state index in [0.29, 0.717) is 0 Å². The first-order chi connectivity index (χ1) is 16.0. The Morgan fingerprint density at radius 2 is 0.917 bits per heavy atom. The van der Waals surface area contributed by atoms with Gasteiger partial charge in [0.2, 0.25) is 0 Å². The summed E-state index contributed by atoms with van der Waals surface area (Å²) in [5, 5.41) is -0.940. The van der Waals surface area contributed by atoms with Crippen molar-refractivity contribution in [3.8, 4) is 0 Å². The van der Waals surface area contributed by atoms with Crippen LogP contribution in [0.1, 0.15) is 83.1 Å². The topological polar surface area (TPSA) is 114 Å². The highest BCUT2D eigenvalue weighted by Gasteiger charge is 2.53. The molecule has 1 rings (SSSR count). The average Bonchev–Trinajstić information content (AvgIpc) is 2.67. The van der Waals surface area contributed by atoms with Crippen LogP contribution in [0.5, 0.6) is 0 Å². The third kappa shape index (κ3) is 9.01. The molecule has 1 heterocycles. The van der Waals surface area contributed by atoms with Crippen LogP contribution < -0.4 is 0 Å². The van der Waals surface area contributed by atoms with Gasteiger partial charge in [-0.15, -0.1) is 0 Å². The summed E-state index contributed by atoms with van der Waals surface area (Å²) >= 11 is 3.38. The van der Waals surface area contributed by atoms with E-state index in [0.717, 1.165) is 0 Å². The van der Waals surface area contributed by atoms with Gasteiger partial charge in [0.25, 0.3) is 0 Å². The molecule has 2 unspecified atom stereocenters. The number of hydrogen-bond acceptors (Lipinski definition) is 9. The first kappa shape index (κ1) is 32.3. The van der Waals surface area contributed by atoms with Crippen LogP contribution in [0.2, 0.25) is 0 Å². The van der Waals surface area contributed by atoms with Crippen molar-refractivity contribution >= 4 is 39.8 Å². The predicted molar refractivity (Wildman–Crippen MR) is 136 cm³/mol. The Morgan fingerprint density at radius 1 is 0.583 bits per heavy atom. The van der Waals surface area contributed by atoms with Gasteiger partial charge < -0.3 is 23.7 Å². The molecule has 0 spiro atoms. The van der Waals surface area contributed by atoms with E-state index < -0.39 is 75.0 Å². The maximum atomic E-state index is 13.0. The summed E-state index contributed by atoms with van der Waals surface area (Å²) in [6.07, 6.45) is -4.60. The fourth-order valence-electron chi connectivity index (χ4n) is 2.68. The summed E-state index contributed by atoms with van der Waals surface area (Å²) in [5.41, 5.74) is -3.43. The summed E-state index contributed by atoms with van der Waals surface area (Å²) in [6.45, 7) is 19.9. The molecular formula is C26H43BrO9. The first-order valence-corrected chi connectivity index (χ1v) is 13.0. The van der Waals surface area contributed by atoms with Crippen molar-refractivity contribution in [2.75, 3.05) is 6.61 Å². The number of ether oxygens (including phenoxy) is 5. The molecule has 0 radical (unpaired) electrons. The molecule has 36 heavy (non-hydrogen) atoms. The first-order valence-electron chi connectivity index (χ1n) is 12.1. The van der Waals surface area contributed by atoms with Crippen LogP contribution in [-0.2, 0) is 42.9 Å². The zero-order chi connectivity index (χ0) is 28.4. The number of alkyl halides is 1. The summed E-state index contributed by atoms with van der Waals surface area (Å²) in [7, 11) is 0. The molecule has 0 amide bonds. The fraction of sp³-hybridized carbons (Fsp3) is 0.846. The molecule has 9 nitrogen and oxygen atoms in total. The molecule has 0 aromatic carbocycles. The van der Waals surface area contributed by atoms with E-state index in [1.807, 2.05) is 0 Å². The lowest BCUT2D eigenvalue weighted by molar-refractivity contribution is -0.245. The molecule has 0 N–H and O–H groups in total. The van der Waals surface area contributed by atoms with Gasteiger partial charge in [0, 0.05) is 0 Å². The summed E-state index contributed by atoms with van der Waals surface area (Å²) in [5.74, 6) is -2.22. The van der Waals surface area contributed by atoms with Crippen LogP contribution in [0.25, 0.3) is 0 Å². The predicted octanol–water partition coefficient (Wildman–Crippen LogP) is 4.57. The molecule has 10 heteroatoms. The summed E-state index contributed by atoms with van der Waals surface area (Å²) in [4.78, 5) is 51.1. The van der Waals surface area contributed by atoms with Crippen molar-refractivity contribution in [3.63, 3.8) is 0 Å². The van der Waals surface area contributed by atoms with Crippen molar-refractivity contribution in [1.29, 1.82) is 0 Å². The highest BCUT2D eigenvalue weighted by atomic mass is 79.9. The highest BCUT2D eigenvalue weighted by Crippen LogP contribution is 2.35. The van der Waals surface area contributed by atoms with Gasteiger partial charge in [0.15, 0.2) is 23.3 Å². The van der Waals surface area contributed by atoms with Crippen LogP contribution in [0.4, 0.5) is 0 Å². The number of halogens is 1. The van der Waals surface area contributed by atoms with E-state index in [1.54, 1.807) is 83.1 Å². The van der Waals surface area contributed by atoms with Gasteiger partial charge in [-0.05, 0) is 83.1 Å². The highest BCUT2D eigenvalue weighted by molar-refractivity contribution is 9.09. The van der Waals surface area contributed by atoms with Crippen molar-refractivity contribution in [2.45, 2.75) is 113 Å². The number of rotatable bonds is 5. The van der Waals surface area contributed by atoms with E-state index in [-0.39, 0.29) is 6.61 Å². The maximum absolute atomic E-state index is 13.0. The summed E-state index contributed by atoms with van der Waals surface area (Å²) in [6, 6.07) is 0. The second-order valence-corrected chi connectivity index (χ2v) is 14.1. The fourth-order valence-corrected chi connectivity index (χ4v) is 3.36. The Morgan fingerprint density at radius 3 is 1.28 bits per heavy atom. The van der Waals surface area contributed by atoms with Crippen LogP contribution in [0.15, 0.2) is 0 Å². The van der Waals surface area contributed by atoms with Crippen molar-refractivity contribution < 1.29 is 42.9 Å². The molecule has 0 aromatic rings. The third-order valence-corrected chi connectivity index (χ3v) is 5.87. The van der Waals surface area contributed by atoms with Gasteiger partial charge in [-0.1, -0.05) is 15.9 Å². The number of hydrogen-bond donors (Lipinski definition) is 0. The molecule has 1 aliphatic heterocycles. The van der Waals surface area contributed by atoms with E-state index >= 15 is 0 Å². The zero-order valence-corrected chi connectivity index (χ0v) is 25.2. The Balaban J connectivity index is 3.50. The van der Waals surface area contributed by atoms with Crippen LogP contribution in [0.3, 0.4) is 0 Å². The molecule has 1 aliphatic rings. The molecule has 0 aliphatic carbocycles. The smallest absolute Gasteiger partial charge is 0.311 e. The minimum Gasteiger partial charge on any atom is -0.462 e. The largest absolute Gasteiger partial charge is 0.462 e. The van der Waals surface area contributed by atoms with Crippen LogP contribution in [0, 0.1) is 21.7 Å². The van der Waals surface area contributed by atoms with Crippen LogP contribution in [-0.4, -0.2) is 59.9 Å². The molecule has 0 aromatic heterocycles. The molecular weight excluding hydrogens is 536 g/mol. The minimum absolute atomic E-state index is 0.274. The van der Waals surface area contributed by atoms with E-state index in [2.05, 4.69) is 15.9 Å². The molecule has 208 valence electrons. The van der Waals surface area contributed by atoms with Gasteiger partial charge in [0.05, 0.1) is 21.7 Å². The number of carbonyl (C=O) groups excluding carboxylic acids is 4. The Labute approximate surface area is 223 Å². The lowest BCUT2D eigenvalue weighted by atomic mass is 9.93. The average molecular weight is 580 g/mol. The quantitative estimate of drug-likeness (QED) is 0.263. The van der Waals surface area contributed by atoms with Gasteiger partial charge in [-0.2, -0.15) is 0 Å². The molecule has 0 saturated carbocycles. The van der Waals surface area contributed by atoms with Gasteiger partial charge in [0.1, 0.15) is 12.7 Å². The van der Waals surface area contributed by atoms with Crippen molar-refractivity contribution in [2.24, 2.45) is 21.7 Å². The minimum atomic E-state index is -1.23. The Hall–Kier alpha value is -1.68. The Bertz CT molecular complexity index is 824. The zero-order valence-electron chi connectivity index (χ0n) is 23.6. The molecule has 0 bridgehead atoms.